The summed E-state index contributed by atoms with van der Waals surface area (Å²) in [6.07, 6.45) is 0. The molecule has 0 saturated heterocycles. The van der Waals surface area contributed by atoms with Gasteiger partial charge in [-0.3, -0.25) is 14.2 Å². The van der Waals surface area contributed by atoms with Crippen molar-refractivity contribution in [1.82, 2.24) is 4.57 Å². The summed E-state index contributed by atoms with van der Waals surface area (Å²) in [6, 6.07) is 9.03. The molecular formula is C23H15Cl5N2O4. The van der Waals surface area contributed by atoms with Gasteiger partial charge in [0.25, 0.3) is 5.56 Å². The molecule has 0 saturated carbocycles. The van der Waals surface area contributed by atoms with E-state index in [-0.39, 0.29) is 54.1 Å². The number of halogens is 5. The van der Waals surface area contributed by atoms with Gasteiger partial charge in [0, 0.05) is 0 Å². The van der Waals surface area contributed by atoms with Gasteiger partial charge in [-0.05, 0) is 25.0 Å². The van der Waals surface area contributed by atoms with Crippen molar-refractivity contribution in [2.75, 3.05) is 6.61 Å². The van der Waals surface area contributed by atoms with Crippen molar-refractivity contribution in [2.45, 2.75) is 20.4 Å². The number of rotatable bonds is 6. The SMILES string of the molecule is Cc1ccc(Cn2c(O)c(C(=O)COc3c(Cl)c(Cl)c(Cl)c(Cl)c3Cl)c(C)c(C#N)c2=O)cc1. The fourth-order valence-electron chi connectivity index (χ4n) is 3.23. The van der Waals surface area contributed by atoms with E-state index < -0.39 is 23.8 Å². The highest BCUT2D eigenvalue weighted by Crippen LogP contribution is 2.48. The van der Waals surface area contributed by atoms with E-state index in [2.05, 4.69) is 0 Å². The number of hydrogen-bond acceptors (Lipinski definition) is 5. The first-order valence-corrected chi connectivity index (χ1v) is 11.5. The normalized spacial score (nSPS) is 10.8. The molecule has 0 bridgehead atoms. The van der Waals surface area contributed by atoms with Gasteiger partial charge >= 0.3 is 0 Å². The van der Waals surface area contributed by atoms with Crippen LogP contribution in [-0.2, 0) is 6.54 Å². The number of aryl methyl sites for hydroxylation is 1. The van der Waals surface area contributed by atoms with Crippen molar-refractivity contribution < 1.29 is 14.6 Å². The molecule has 6 nitrogen and oxygen atoms in total. The molecule has 2 aromatic carbocycles. The molecule has 1 aromatic heterocycles. The number of benzene rings is 2. The number of ketones is 1. The minimum atomic E-state index is -0.738. The van der Waals surface area contributed by atoms with Gasteiger partial charge in [0.15, 0.2) is 12.4 Å². The molecule has 0 aliphatic carbocycles. The van der Waals surface area contributed by atoms with E-state index >= 15 is 0 Å². The Morgan fingerprint density at radius 1 is 1.00 bits per heavy atom. The zero-order valence-corrected chi connectivity index (χ0v) is 21.5. The third kappa shape index (κ3) is 4.86. The number of Topliss-reactive ketones (excluding diaryl/α,β-unsaturated/α-hetero) is 1. The van der Waals surface area contributed by atoms with Crippen LogP contribution in [0.15, 0.2) is 29.1 Å². The maximum absolute atomic E-state index is 13.1. The van der Waals surface area contributed by atoms with Crippen molar-refractivity contribution in [2.24, 2.45) is 0 Å². The van der Waals surface area contributed by atoms with E-state index in [0.717, 1.165) is 10.1 Å². The molecule has 176 valence electrons. The van der Waals surface area contributed by atoms with Crippen molar-refractivity contribution in [3.8, 4) is 17.7 Å². The number of pyridine rings is 1. The number of hydrogen-bond donors (Lipinski definition) is 1. The second-order valence-electron chi connectivity index (χ2n) is 7.30. The number of carbonyl (C=O) groups excluding carboxylic acids is 1. The van der Waals surface area contributed by atoms with Crippen molar-refractivity contribution in [3.63, 3.8) is 0 Å². The van der Waals surface area contributed by atoms with E-state index in [9.17, 15) is 20.0 Å². The molecule has 1 heterocycles. The predicted molar refractivity (Wildman–Crippen MR) is 133 cm³/mol. The molecule has 0 amide bonds. The summed E-state index contributed by atoms with van der Waals surface area (Å²) in [7, 11) is 0. The van der Waals surface area contributed by atoms with Crippen molar-refractivity contribution in [1.29, 1.82) is 5.26 Å². The lowest BCUT2D eigenvalue weighted by molar-refractivity contribution is 0.0916. The number of nitriles is 1. The highest BCUT2D eigenvalue weighted by molar-refractivity contribution is 6.55. The maximum atomic E-state index is 13.1. The Bertz CT molecular complexity index is 1380. The van der Waals surface area contributed by atoms with Gasteiger partial charge < -0.3 is 9.84 Å². The van der Waals surface area contributed by atoms with Gasteiger partial charge in [-0.1, -0.05) is 87.8 Å². The molecule has 34 heavy (non-hydrogen) atoms. The fourth-order valence-corrected chi connectivity index (χ4v) is 4.46. The van der Waals surface area contributed by atoms with Crippen molar-refractivity contribution >= 4 is 63.8 Å². The molecule has 0 atom stereocenters. The Morgan fingerprint density at radius 3 is 2.06 bits per heavy atom. The van der Waals surface area contributed by atoms with Gasteiger partial charge in [-0.25, -0.2) is 0 Å². The third-order valence-corrected chi connectivity index (χ3v) is 7.30. The number of aromatic nitrogens is 1. The van der Waals surface area contributed by atoms with E-state index in [0.29, 0.717) is 5.56 Å². The second kappa shape index (κ2) is 10.5. The van der Waals surface area contributed by atoms with Gasteiger partial charge in [0.1, 0.15) is 21.7 Å². The van der Waals surface area contributed by atoms with Crippen LogP contribution in [0.5, 0.6) is 11.6 Å². The minimum Gasteiger partial charge on any atom is -0.494 e. The molecule has 3 aromatic rings. The Kier molecular flexibility index (Phi) is 8.07. The molecule has 0 aliphatic rings. The number of nitrogens with zero attached hydrogens (tertiary/aromatic N) is 2. The summed E-state index contributed by atoms with van der Waals surface area (Å²) < 4.78 is 6.42. The summed E-state index contributed by atoms with van der Waals surface area (Å²) >= 11 is 30.3. The Morgan fingerprint density at radius 2 is 1.53 bits per heavy atom. The molecule has 0 fully saturated rings. The van der Waals surface area contributed by atoms with Crippen LogP contribution in [0.25, 0.3) is 0 Å². The van der Waals surface area contributed by atoms with E-state index in [4.69, 9.17) is 62.7 Å². The van der Waals surface area contributed by atoms with Gasteiger partial charge in [0.2, 0.25) is 11.7 Å². The molecule has 11 heteroatoms. The van der Waals surface area contributed by atoms with Crippen LogP contribution in [0.2, 0.25) is 25.1 Å². The molecule has 3 rings (SSSR count). The van der Waals surface area contributed by atoms with Crippen LogP contribution < -0.4 is 10.3 Å². The molecule has 1 N–H and O–H groups in total. The van der Waals surface area contributed by atoms with Crippen LogP contribution in [0.3, 0.4) is 0 Å². The van der Waals surface area contributed by atoms with Gasteiger partial charge in [0.05, 0.1) is 27.2 Å². The van der Waals surface area contributed by atoms with Crippen LogP contribution in [0.4, 0.5) is 0 Å². The summed E-state index contributed by atoms with van der Waals surface area (Å²) in [4.78, 5) is 25.9. The van der Waals surface area contributed by atoms with E-state index in [1.165, 1.54) is 6.92 Å². The first-order chi connectivity index (χ1) is 16.0. The standard InChI is InChI=1S/C23H15Cl5N2O4/c1-10-3-5-12(6-4-10)8-30-22(32)13(7-29)11(2)15(23(30)33)14(31)9-34-21-19(27)17(25)16(24)18(26)20(21)28/h3-6,33H,8-9H2,1-2H3. The first kappa shape index (κ1) is 26.2. The molecule has 0 spiro atoms. The lowest BCUT2D eigenvalue weighted by Gasteiger charge is -2.17. The van der Waals surface area contributed by atoms with Crippen LogP contribution >= 0.6 is 58.0 Å². The predicted octanol–water partition coefficient (Wildman–Crippen LogP) is 6.62. The van der Waals surface area contributed by atoms with Crippen LogP contribution in [-0.4, -0.2) is 22.1 Å². The highest BCUT2D eigenvalue weighted by Gasteiger charge is 2.26. The average molecular weight is 561 g/mol. The summed E-state index contributed by atoms with van der Waals surface area (Å²) in [5.74, 6) is -1.51. The summed E-state index contributed by atoms with van der Waals surface area (Å²) in [6.45, 7) is 2.58. The van der Waals surface area contributed by atoms with Crippen LogP contribution in [0, 0.1) is 25.2 Å². The lowest BCUT2D eigenvalue weighted by atomic mass is 10.0. The zero-order chi connectivity index (χ0) is 25.3. The van der Waals surface area contributed by atoms with Crippen molar-refractivity contribution in [3.05, 3.63) is 87.5 Å². The second-order valence-corrected chi connectivity index (χ2v) is 9.19. The summed E-state index contributed by atoms with van der Waals surface area (Å²) in [5, 5.41) is 19.8. The monoisotopic (exact) mass is 558 g/mol. The Hall–Kier alpha value is -2.40. The number of ether oxygens (including phenoxy) is 1. The maximum Gasteiger partial charge on any atom is 0.271 e. The highest BCUT2D eigenvalue weighted by atomic mass is 35.5. The molecular weight excluding hydrogens is 546 g/mol. The molecule has 0 unspecified atom stereocenters. The largest absolute Gasteiger partial charge is 0.494 e. The Labute approximate surface area is 219 Å². The van der Waals surface area contributed by atoms with Gasteiger partial charge in [-0.2, -0.15) is 5.26 Å². The number of carbonyl (C=O) groups is 1. The zero-order valence-electron chi connectivity index (χ0n) is 17.7. The average Bonchev–Trinajstić information content (AvgIpc) is 2.80. The molecule has 0 aliphatic heterocycles. The number of aromatic hydroxyl groups is 1. The van der Waals surface area contributed by atoms with E-state index in [1.54, 1.807) is 18.2 Å². The van der Waals surface area contributed by atoms with Gasteiger partial charge in [-0.15, -0.1) is 0 Å². The molecule has 0 radical (unpaired) electrons. The Balaban J connectivity index is 2.03. The fraction of sp³-hybridized carbons (Fsp3) is 0.174. The quantitative estimate of drug-likeness (QED) is 0.208. The summed E-state index contributed by atoms with van der Waals surface area (Å²) in [5.41, 5.74) is 0.466. The lowest BCUT2D eigenvalue weighted by Crippen LogP contribution is -2.28. The van der Waals surface area contributed by atoms with Crippen LogP contribution in [0.1, 0.15) is 32.6 Å². The third-order valence-electron chi connectivity index (χ3n) is 5.06. The smallest absolute Gasteiger partial charge is 0.271 e. The first-order valence-electron chi connectivity index (χ1n) is 9.59. The topological polar surface area (TPSA) is 92.3 Å². The van der Waals surface area contributed by atoms with E-state index in [1.807, 2.05) is 19.1 Å². The minimum absolute atomic E-state index is 0.0168.